The van der Waals surface area contributed by atoms with Crippen LogP contribution in [-0.4, -0.2) is 39.6 Å². The average molecular weight is 331 g/mol. The molecule has 0 aliphatic rings. The van der Waals surface area contributed by atoms with Crippen LogP contribution in [0.3, 0.4) is 0 Å². The Morgan fingerprint density at radius 2 is 2.14 bits per heavy atom. The van der Waals surface area contributed by atoms with E-state index in [1.807, 2.05) is 0 Å². The standard InChI is InChI=1S/C13H15ClN2O4S/c1-15-13(18)9-16-21(19,20)12-6-5-10(8-11(12)14)4-2-3-7-17/h5-6,8,16-17H,3,7,9H2,1H3,(H,15,18). The highest BCUT2D eigenvalue weighted by Crippen LogP contribution is 2.22. The van der Waals surface area contributed by atoms with E-state index in [9.17, 15) is 13.2 Å². The van der Waals surface area contributed by atoms with Crippen LogP contribution < -0.4 is 10.0 Å². The first-order chi connectivity index (χ1) is 9.90. The van der Waals surface area contributed by atoms with Crippen molar-refractivity contribution in [1.82, 2.24) is 10.0 Å². The van der Waals surface area contributed by atoms with Gasteiger partial charge in [-0.1, -0.05) is 23.4 Å². The van der Waals surface area contributed by atoms with E-state index in [2.05, 4.69) is 21.9 Å². The zero-order chi connectivity index (χ0) is 15.9. The van der Waals surface area contributed by atoms with E-state index in [1.165, 1.54) is 25.2 Å². The molecule has 8 heteroatoms. The summed E-state index contributed by atoms with van der Waals surface area (Å²) in [5.74, 6) is 5.00. The van der Waals surface area contributed by atoms with Crippen molar-refractivity contribution in [2.75, 3.05) is 20.2 Å². The summed E-state index contributed by atoms with van der Waals surface area (Å²) in [6.07, 6.45) is 0.325. The van der Waals surface area contributed by atoms with Gasteiger partial charge < -0.3 is 10.4 Å². The van der Waals surface area contributed by atoms with E-state index < -0.39 is 15.9 Å². The molecule has 0 fully saturated rings. The van der Waals surface area contributed by atoms with Crippen molar-refractivity contribution in [3.05, 3.63) is 28.8 Å². The molecule has 0 aliphatic carbocycles. The third-order valence-electron chi connectivity index (χ3n) is 2.39. The van der Waals surface area contributed by atoms with Crippen LogP contribution in [0.2, 0.25) is 5.02 Å². The van der Waals surface area contributed by atoms with E-state index >= 15 is 0 Å². The van der Waals surface area contributed by atoms with E-state index in [-0.39, 0.29) is 23.1 Å². The quantitative estimate of drug-likeness (QED) is 0.667. The first-order valence-electron chi connectivity index (χ1n) is 6.00. The van der Waals surface area contributed by atoms with Crippen LogP contribution in [0, 0.1) is 11.8 Å². The highest BCUT2D eigenvalue weighted by molar-refractivity contribution is 7.89. The minimum Gasteiger partial charge on any atom is -0.395 e. The van der Waals surface area contributed by atoms with Gasteiger partial charge in [0.05, 0.1) is 18.2 Å². The molecule has 3 N–H and O–H groups in total. The molecule has 0 aromatic heterocycles. The molecule has 1 aromatic rings. The Morgan fingerprint density at radius 1 is 1.43 bits per heavy atom. The summed E-state index contributed by atoms with van der Waals surface area (Å²) < 4.78 is 26.1. The fourth-order valence-corrected chi connectivity index (χ4v) is 2.87. The summed E-state index contributed by atoms with van der Waals surface area (Å²) in [6.45, 7) is -0.413. The highest BCUT2D eigenvalue weighted by atomic mass is 35.5. The number of benzene rings is 1. The van der Waals surface area contributed by atoms with Crippen LogP contribution in [0.4, 0.5) is 0 Å². The summed E-state index contributed by atoms with van der Waals surface area (Å²) in [5.41, 5.74) is 0.540. The molecular formula is C13H15ClN2O4S. The van der Waals surface area contributed by atoms with Crippen LogP contribution in [0.1, 0.15) is 12.0 Å². The molecule has 6 nitrogen and oxygen atoms in total. The van der Waals surface area contributed by atoms with Crippen LogP contribution in [-0.2, 0) is 14.8 Å². The molecule has 0 heterocycles. The lowest BCUT2D eigenvalue weighted by atomic mass is 10.2. The number of nitrogens with one attached hydrogen (secondary N) is 2. The Hall–Kier alpha value is -1.59. The minimum atomic E-state index is -3.87. The number of hydrogen-bond donors (Lipinski definition) is 3. The number of aliphatic hydroxyl groups excluding tert-OH is 1. The number of hydrogen-bond acceptors (Lipinski definition) is 4. The number of carbonyl (C=O) groups excluding carboxylic acids is 1. The van der Waals surface area contributed by atoms with Crippen molar-refractivity contribution in [1.29, 1.82) is 0 Å². The largest absolute Gasteiger partial charge is 0.395 e. The Labute approximate surface area is 128 Å². The monoisotopic (exact) mass is 330 g/mol. The maximum absolute atomic E-state index is 12.0. The number of aliphatic hydroxyl groups is 1. The van der Waals surface area contributed by atoms with Gasteiger partial charge in [-0.2, -0.15) is 0 Å². The summed E-state index contributed by atoms with van der Waals surface area (Å²) in [6, 6.07) is 4.24. The second-order valence-corrected chi connectivity index (χ2v) is 6.06. The van der Waals surface area contributed by atoms with Crippen LogP contribution in [0.25, 0.3) is 0 Å². The molecule has 0 saturated heterocycles. The van der Waals surface area contributed by atoms with Gasteiger partial charge in [0.1, 0.15) is 4.90 Å². The van der Waals surface area contributed by atoms with Gasteiger partial charge in [0.25, 0.3) is 0 Å². The molecule has 21 heavy (non-hydrogen) atoms. The molecule has 0 spiro atoms. The van der Waals surface area contributed by atoms with Gasteiger partial charge in [0, 0.05) is 19.0 Å². The van der Waals surface area contributed by atoms with E-state index in [0.29, 0.717) is 12.0 Å². The molecule has 1 amide bonds. The lowest BCUT2D eigenvalue weighted by molar-refractivity contribution is -0.119. The zero-order valence-electron chi connectivity index (χ0n) is 11.3. The molecule has 0 unspecified atom stereocenters. The van der Waals surface area contributed by atoms with Crippen LogP contribution in [0.15, 0.2) is 23.1 Å². The molecule has 0 atom stereocenters. The van der Waals surface area contributed by atoms with Gasteiger partial charge in [-0.15, -0.1) is 0 Å². The predicted molar refractivity (Wildman–Crippen MR) is 79.3 cm³/mol. The fraction of sp³-hybridized carbons (Fsp3) is 0.308. The van der Waals surface area contributed by atoms with Crippen molar-refractivity contribution in [3.63, 3.8) is 0 Å². The highest BCUT2D eigenvalue weighted by Gasteiger charge is 2.18. The fourth-order valence-electron chi connectivity index (χ4n) is 1.34. The third-order valence-corrected chi connectivity index (χ3v) is 4.28. The summed E-state index contributed by atoms with van der Waals surface area (Å²) in [4.78, 5) is 10.9. The van der Waals surface area contributed by atoms with E-state index in [0.717, 1.165) is 0 Å². The van der Waals surface area contributed by atoms with Crippen molar-refractivity contribution in [2.24, 2.45) is 0 Å². The molecule has 0 radical (unpaired) electrons. The second-order valence-electron chi connectivity index (χ2n) is 3.92. The van der Waals surface area contributed by atoms with Gasteiger partial charge >= 0.3 is 0 Å². The van der Waals surface area contributed by atoms with Gasteiger partial charge in [0.2, 0.25) is 15.9 Å². The lowest BCUT2D eigenvalue weighted by Crippen LogP contribution is -2.35. The average Bonchev–Trinajstić information content (AvgIpc) is 2.45. The number of carbonyl (C=O) groups is 1. The first-order valence-corrected chi connectivity index (χ1v) is 7.86. The summed E-state index contributed by atoms with van der Waals surface area (Å²) in [7, 11) is -2.46. The Bertz CT molecular complexity index is 677. The Kier molecular flexibility index (Phi) is 6.65. The molecule has 114 valence electrons. The van der Waals surface area contributed by atoms with E-state index in [1.54, 1.807) is 0 Å². The van der Waals surface area contributed by atoms with E-state index in [4.69, 9.17) is 16.7 Å². The van der Waals surface area contributed by atoms with Crippen LogP contribution >= 0.6 is 11.6 Å². The Balaban J connectivity index is 2.94. The summed E-state index contributed by atoms with van der Waals surface area (Å²) >= 11 is 5.94. The molecular weight excluding hydrogens is 316 g/mol. The Morgan fingerprint density at radius 3 is 2.71 bits per heavy atom. The first kappa shape index (κ1) is 17.5. The SMILES string of the molecule is CNC(=O)CNS(=O)(=O)c1ccc(C#CCCO)cc1Cl. The van der Waals surface area contributed by atoms with Crippen LogP contribution in [0.5, 0.6) is 0 Å². The third kappa shape index (κ3) is 5.36. The van der Waals surface area contributed by atoms with Crippen molar-refractivity contribution >= 4 is 27.5 Å². The number of sulfonamides is 1. The minimum absolute atomic E-state index is 0.00945. The topological polar surface area (TPSA) is 95.5 Å². The number of rotatable bonds is 5. The number of halogens is 1. The van der Waals surface area contributed by atoms with Crippen molar-refractivity contribution in [2.45, 2.75) is 11.3 Å². The predicted octanol–water partition coefficient (Wildman–Crippen LogP) is 0.0982. The van der Waals surface area contributed by atoms with Crippen molar-refractivity contribution in [3.8, 4) is 11.8 Å². The van der Waals surface area contributed by atoms with Gasteiger partial charge in [-0.3, -0.25) is 4.79 Å². The lowest BCUT2D eigenvalue weighted by Gasteiger charge is -2.08. The maximum atomic E-state index is 12.0. The van der Waals surface area contributed by atoms with Crippen molar-refractivity contribution < 1.29 is 18.3 Å². The number of likely N-dealkylation sites (N-methyl/N-ethyl adjacent to an activating group) is 1. The molecule has 0 aliphatic heterocycles. The molecule has 0 saturated carbocycles. The number of amides is 1. The smallest absolute Gasteiger partial charge is 0.242 e. The summed E-state index contributed by atoms with van der Waals surface area (Å²) in [5, 5.41) is 10.9. The second kappa shape index (κ2) is 8.00. The maximum Gasteiger partial charge on any atom is 0.242 e. The molecule has 1 rings (SSSR count). The van der Waals surface area contributed by atoms with Gasteiger partial charge in [-0.25, -0.2) is 13.1 Å². The zero-order valence-corrected chi connectivity index (χ0v) is 12.9. The molecule has 1 aromatic carbocycles. The molecule has 0 bridgehead atoms. The van der Waals surface area contributed by atoms with Gasteiger partial charge in [-0.05, 0) is 18.2 Å². The van der Waals surface area contributed by atoms with Gasteiger partial charge in [0.15, 0.2) is 0 Å². The normalized spacial score (nSPS) is 10.6.